The van der Waals surface area contributed by atoms with E-state index in [9.17, 15) is 5.11 Å². The number of ether oxygens (including phenoxy) is 1. The van der Waals surface area contributed by atoms with Crippen LogP contribution < -0.4 is 5.32 Å². The normalized spacial score (nSPS) is 22.9. The Morgan fingerprint density at radius 2 is 1.90 bits per heavy atom. The molecule has 1 saturated heterocycles. The molecule has 0 aliphatic carbocycles. The summed E-state index contributed by atoms with van der Waals surface area (Å²) in [5, 5.41) is 13.2. The first-order valence-electron chi connectivity index (χ1n) is 8.14. The molecule has 120 valence electrons. The molecule has 0 radical (unpaired) electrons. The lowest BCUT2D eigenvalue weighted by atomic mass is 9.91. The summed E-state index contributed by atoms with van der Waals surface area (Å²) in [6, 6.07) is 0.879. The SMILES string of the molecule is CCOC1CCN(C(C)CC(C)(CO)NC(C)C)CC1. The van der Waals surface area contributed by atoms with Gasteiger partial charge >= 0.3 is 0 Å². The van der Waals surface area contributed by atoms with Crippen LogP contribution in [0.5, 0.6) is 0 Å². The number of aliphatic hydroxyl groups excluding tert-OH is 1. The first-order valence-corrected chi connectivity index (χ1v) is 8.14. The molecule has 20 heavy (non-hydrogen) atoms. The van der Waals surface area contributed by atoms with Gasteiger partial charge < -0.3 is 20.1 Å². The van der Waals surface area contributed by atoms with E-state index in [4.69, 9.17) is 4.74 Å². The number of hydrogen-bond donors (Lipinski definition) is 2. The van der Waals surface area contributed by atoms with Crippen LogP contribution in [0.15, 0.2) is 0 Å². The zero-order valence-electron chi connectivity index (χ0n) is 14.0. The number of likely N-dealkylation sites (tertiary alicyclic amines) is 1. The van der Waals surface area contributed by atoms with E-state index < -0.39 is 0 Å². The average molecular weight is 286 g/mol. The van der Waals surface area contributed by atoms with E-state index in [2.05, 4.69) is 44.8 Å². The maximum atomic E-state index is 9.69. The van der Waals surface area contributed by atoms with Crippen molar-refractivity contribution >= 4 is 0 Å². The first-order chi connectivity index (χ1) is 9.40. The standard InChI is InChI=1S/C16H34N2O2/c1-6-20-15-7-9-18(10-8-15)14(4)11-16(5,12-19)17-13(2)3/h13-15,17,19H,6-12H2,1-5H3. The maximum Gasteiger partial charge on any atom is 0.0611 e. The van der Waals surface area contributed by atoms with Crippen molar-refractivity contribution in [3.8, 4) is 0 Å². The molecule has 1 rings (SSSR count). The molecule has 1 aliphatic rings. The Bertz CT molecular complexity index is 265. The Balaban J connectivity index is 2.44. The molecule has 0 aromatic carbocycles. The maximum absolute atomic E-state index is 9.69. The van der Waals surface area contributed by atoms with Crippen molar-refractivity contribution in [2.24, 2.45) is 0 Å². The van der Waals surface area contributed by atoms with Crippen LogP contribution in [-0.2, 0) is 4.74 Å². The number of piperidine rings is 1. The van der Waals surface area contributed by atoms with Crippen LogP contribution in [0.25, 0.3) is 0 Å². The second kappa shape index (κ2) is 8.32. The highest BCUT2D eigenvalue weighted by Gasteiger charge is 2.30. The van der Waals surface area contributed by atoms with Gasteiger partial charge in [0.2, 0.25) is 0 Å². The minimum atomic E-state index is -0.190. The number of rotatable bonds is 8. The smallest absolute Gasteiger partial charge is 0.0611 e. The monoisotopic (exact) mass is 286 g/mol. The summed E-state index contributed by atoms with van der Waals surface area (Å²) in [5.41, 5.74) is -0.190. The Kier molecular flexibility index (Phi) is 7.45. The van der Waals surface area contributed by atoms with Gasteiger partial charge in [-0.3, -0.25) is 0 Å². The third kappa shape index (κ3) is 5.68. The lowest BCUT2D eigenvalue weighted by Crippen LogP contribution is -2.54. The van der Waals surface area contributed by atoms with Gasteiger partial charge in [0.05, 0.1) is 12.7 Å². The van der Waals surface area contributed by atoms with Crippen molar-refractivity contribution in [2.75, 3.05) is 26.3 Å². The largest absolute Gasteiger partial charge is 0.394 e. The Labute approximate surface area is 124 Å². The zero-order valence-corrected chi connectivity index (χ0v) is 14.0. The highest BCUT2D eigenvalue weighted by atomic mass is 16.5. The number of nitrogens with zero attached hydrogens (tertiary/aromatic N) is 1. The Hall–Kier alpha value is -0.160. The van der Waals surface area contributed by atoms with E-state index in [1.54, 1.807) is 0 Å². The van der Waals surface area contributed by atoms with Gasteiger partial charge in [0.15, 0.2) is 0 Å². The summed E-state index contributed by atoms with van der Waals surface area (Å²) >= 11 is 0. The molecule has 0 spiro atoms. The van der Waals surface area contributed by atoms with Crippen LogP contribution in [0, 0.1) is 0 Å². The molecule has 0 saturated carbocycles. The van der Waals surface area contributed by atoms with E-state index in [0.29, 0.717) is 18.2 Å². The minimum Gasteiger partial charge on any atom is -0.394 e. The number of hydrogen-bond acceptors (Lipinski definition) is 4. The summed E-state index contributed by atoms with van der Waals surface area (Å²) in [5.74, 6) is 0. The summed E-state index contributed by atoms with van der Waals surface area (Å²) in [7, 11) is 0. The fourth-order valence-corrected chi connectivity index (χ4v) is 3.37. The van der Waals surface area contributed by atoms with Gasteiger partial charge in [-0.05, 0) is 40.0 Å². The van der Waals surface area contributed by atoms with Crippen molar-refractivity contribution in [3.05, 3.63) is 0 Å². The van der Waals surface area contributed by atoms with Crippen LogP contribution in [-0.4, -0.2) is 60.0 Å². The van der Waals surface area contributed by atoms with Gasteiger partial charge in [-0.15, -0.1) is 0 Å². The van der Waals surface area contributed by atoms with Crippen LogP contribution >= 0.6 is 0 Å². The summed E-state index contributed by atoms with van der Waals surface area (Å²) in [6.45, 7) is 13.9. The van der Waals surface area contributed by atoms with Gasteiger partial charge in [-0.1, -0.05) is 13.8 Å². The molecule has 1 heterocycles. The van der Waals surface area contributed by atoms with Crippen LogP contribution in [0.3, 0.4) is 0 Å². The van der Waals surface area contributed by atoms with Crippen molar-refractivity contribution < 1.29 is 9.84 Å². The fraction of sp³-hybridized carbons (Fsp3) is 1.00. The quantitative estimate of drug-likeness (QED) is 0.716. The lowest BCUT2D eigenvalue weighted by Gasteiger charge is -2.40. The van der Waals surface area contributed by atoms with Crippen molar-refractivity contribution in [1.82, 2.24) is 10.2 Å². The van der Waals surface area contributed by atoms with Crippen LogP contribution in [0.4, 0.5) is 0 Å². The third-order valence-electron chi connectivity index (χ3n) is 4.23. The lowest BCUT2D eigenvalue weighted by molar-refractivity contribution is 0.0000959. The average Bonchev–Trinajstić information content (AvgIpc) is 2.39. The third-order valence-corrected chi connectivity index (χ3v) is 4.23. The summed E-state index contributed by atoms with van der Waals surface area (Å²) in [4.78, 5) is 2.53. The molecule has 2 atom stereocenters. The Morgan fingerprint density at radius 1 is 1.30 bits per heavy atom. The predicted molar refractivity (Wildman–Crippen MR) is 84.1 cm³/mol. The highest BCUT2D eigenvalue weighted by molar-refractivity contribution is 4.89. The van der Waals surface area contributed by atoms with Gasteiger partial charge in [-0.2, -0.15) is 0 Å². The molecule has 2 unspecified atom stereocenters. The highest BCUT2D eigenvalue weighted by Crippen LogP contribution is 2.21. The van der Waals surface area contributed by atoms with E-state index in [1.807, 2.05) is 0 Å². The summed E-state index contributed by atoms with van der Waals surface area (Å²) < 4.78 is 5.71. The zero-order chi connectivity index (χ0) is 15.2. The molecule has 0 bridgehead atoms. The molecule has 0 aromatic rings. The van der Waals surface area contributed by atoms with Crippen molar-refractivity contribution in [2.45, 2.75) is 77.6 Å². The molecule has 1 fully saturated rings. The van der Waals surface area contributed by atoms with Gasteiger partial charge in [0.1, 0.15) is 0 Å². The van der Waals surface area contributed by atoms with Crippen LogP contribution in [0.2, 0.25) is 0 Å². The van der Waals surface area contributed by atoms with Gasteiger partial charge in [0, 0.05) is 37.3 Å². The summed E-state index contributed by atoms with van der Waals surface area (Å²) in [6.07, 6.45) is 3.68. The second-order valence-corrected chi connectivity index (χ2v) is 6.76. The number of nitrogens with one attached hydrogen (secondary N) is 1. The van der Waals surface area contributed by atoms with E-state index in [1.165, 1.54) is 0 Å². The molecule has 4 heteroatoms. The van der Waals surface area contributed by atoms with E-state index in [0.717, 1.165) is 39.0 Å². The van der Waals surface area contributed by atoms with Gasteiger partial charge in [0.25, 0.3) is 0 Å². The van der Waals surface area contributed by atoms with Crippen LogP contribution in [0.1, 0.15) is 53.9 Å². The minimum absolute atomic E-state index is 0.185. The topological polar surface area (TPSA) is 44.7 Å². The Morgan fingerprint density at radius 3 is 2.35 bits per heavy atom. The molecule has 0 aromatic heterocycles. The van der Waals surface area contributed by atoms with Gasteiger partial charge in [-0.25, -0.2) is 0 Å². The molecule has 4 nitrogen and oxygen atoms in total. The molecule has 1 aliphatic heterocycles. The van der Waals surface area contributed by atoms with E-state index in [-0.39, 0.29) is 12.1 Å². The second-order valence-electron chi connectivity index (χ2n) is 6.76. The van der Waals surface area contributed by atoms with Crippen molar-refractivity contribution in [1.29, 1.82) is 0 Å². The first kappa shape index (κ1) is 17.9. The molecular formula is C16H34N2O2. The molecule has 2 N–H and O–H groups in total. The van der Waals surface area contributed by atoms with E-state index >= 15 is 0 Å². The molecule has 0 amide bonds. The fourth-order valence-electron chi connectivity index (χ4n) is 3.37. The number of aliphatic hydroxyl groups is 1. The predicted octanol–water partition coefficient (Wildman–Crippen LogP) is 2.01. The van der Waals surface area contributed by atoms with Crippen molar-refractivity contribution in [3.63, 3.8) is 0 Å². The molecular weight excluding hydrogens is 252 g/mol.